The van der Waals surface area contributed by atoms with Crippen LogP contribution in [0.2, 0.25) is 0 Å². The minimum atomic E-state index is -0.160. The molecule has 0 unspecified atom stereocenters. The molecule has 4 aromatic rings. The molecule has 0 saturated heterocycles. The van der Waals surface area contributed by atoms with Crippen LogP contribution in [0, 0.1) is 6.92 Å². The summed E-state index contributed by atoms with van der Waals surface area (Å²) in [5, 5.41) is 12.4. The number of carbonyl (C=O) groups is 1. The lowest BCUT2D eigenvalue weighted by Crippen LogP contribution is -2.15. The Morgan fingerprint density at radius 1 is 0.971 bits per heavy atom. The second-order valence-electron chi connectivity index (χ2n) is 7.51. The first kappa shape index (κ1) is 25.3. The summed E-state index contributed by atoms with van der Waals surface area (Å²) in [4.78, 5) is 12.8. The number of halogens is 2. The van der Waals surface area contributed by atoms with Crippen LogP contribution in [0.25, 0.3) is 17.1 Å². The Bertz CT molecular complexity index is 1340. The van der Waals surface area contributed by atoms with Gasteiger partial charge in [0.15, 0.2) is 11.0 Å². The molecule has 0 bridgehead atoms. The van der Waals surface area contributed by atoms with Crippen LogP contribution in [-0.2, 0) is 4.79 Å². The smallest absolute Gasteiger partial charge is 0.234 e. The summed E-state index contributed by atoms with van der Waals surface area (Å²) in [6.07, 6.45) is 0. The summed E-state index contributed by atoms with van der Waals surface area (Å²) < 4.78 is 14.2. The maximum Gasteiger partial charge on any atom is 0.234 e. The fraction of sp³-hybridized carbons (Fsp3) is 0.160. The average Bonchev–Trinajstić information content (AvgIpc) is 3.29. The van der Waals surface area contributed by atoms with Gasteiger partial charge in [0.2, 0.25) is 5.91 Å². The van der Waals surface area contributed by atoms with Crippen molar-refractivity contribution < 1.29 is 14.3 Å². The number of carbonyl (C=O) groups excluding carboxylic acids is 1. The molecular formula is C25H22Br2N4O3S. The normalized spacial score (nSPS) is 10.8. The third-order valence-electron chi connectivity index (χ3n) is 5.08. The van der Waals surface area contributed by atoms with Crippen molar-refractivity contribution in [3.05, 3.63) is 75.2 Å². The number of nitrogens with one attached hydrogen (secondary N) is 1. The lowest BCUT2D eigenvalue weighted by atomic mass is 10.2. The number of thioether (sulfide) groups is 1. The van der Waals surface area contributed by atoms with Crippen LogP contribution in [0.3, 0.4) is 0 Å². The predicted octanol–water partition coefficient (Wildman–Crippen LogP) is 6.52. The van der Waals surface area contributed by atoms with Crippen molar-refractivity contribution in [3.8, 4) is 28.6 Å². The van der Waals surface area contributed by atoms with Gasteiger partial charge in [-0.05, 0) is 92.9 Å². The monoisotopic (exact) mass is 616 g/mol. The molecule has 0 atom stereocenters. The summed E-state index contributed by atoms with van der Waals surface area (Å²) >= 11 is 8.34. The molecule has 180 valence electrons. The zero-order valence-electron chi connectivity index (χ0n) is 19.2. The number of rotatable bonds is 8. The van der Waals surface area contributed by atoms with Crippen molar-refractivity contribution in [2.75, 3.05) is 25.3 Å². The molecule has 7 nitrogen and oxygen atoms in total. The molecule has 10 heteroatoms. The van der Waals surface area contributed by atoms with Gasteiger partial charge in [-0.2, -0.15) is 0 Å². The van der Waals surface area contributed by atoms with E-state index in [1.54, 1.807) is 14.2 Å². The van der Waals surface area contributed by atoms with Gasteiger partial charge >= 0.3 is 0 Å². The van der Waals surface area contributed by atoms with Crippen LogP contribution in [-0.4, -0.2) is 40.6 Å². The molecule has 0 spiro atoms. The van der Waals surface area contributed by atoms with Gasteiger partial charge in [0.1, 0.15) is 11.5 Å². The van der Waals surface area contributed by atoms with E-state index in [9.17, 15) is 4.79 Å². The average molecular weight is 618 g/mol. The van der Waals surface area contributed by atoms with Crippen molar-refractivity contribution in [1.82, 2.24) is 14.8 Å². The van der Waals surface area contributed by atoms with E-state index in [0.717, 1.165) is 37.3 Å². The van der Waals surface area contributed by atoms with Crippen LogP contribution < -0.4 is 14.8 Å². The number of hydrogen-bond donors (Lipinski definition) is 1. The number of aromatic nitrogens is 3. The van der Waals surface area contributed by atoms with E-state index in [-0.39, 0.29) is 11.7 Å². The van der Waals surface area contributed by atoms with Gasteiger partial charge in [0.25, 0.3) is 0 Å². The molecule has 0 aliphatic rings. The maximum atomic E-state index is 12.8. The number of nitrogens with zero attached hydrogens (tertiary/aromatic N) is 3. The first-order valence-corrected chi connectivity index (χ1v) is 13.1. The Labute approximate surface area is 224 Å². The molecule has 0 radical (unpaired) electrons. The quantitative estimate of drug-likeness (QED) is 0.227. The zero-order chi connectivity index (χ0) is 24.9. The summed E-state index contributed by atoms with van der Waals surface area (Å²) in [5.41, 5.74) is 3.46. The van der Waals surface area contributed by atoms with Gasteiger partial charge in [0, 0.05) is 20.2 Å². The minimum absolute atomic E-state index is 0.152. The van der Waals surface area contributed by atoms with E-state index in [4.69, 9.17) is 9.47 Å². The Morgan fingerprint density at radius 2 is 1.66 bits per heavy atom. The topological polar surface area (TPSA) is 78.3 Å². The number of anilines is 1. The lowest BCUT2D eigenvalue weighted by molar-refractivity contribution is -0.113. The molecular weight excluding hydrogens is 596 g/mol. The molecule has 1 aromatic heterocycles. The molecule has 0 saturated carbocycles. The Kier molecular flexibility index (Phi) is 8.15. The fourth-order valence-electron chi connectivity index (χ4n) is 3.40. The predicted molar refractivity (Wildman–Crippen MR) is 146 cm³/mol. The molecule has 1 N–H and O–H groups in total. The van der Waals surface area contributed by atoms with Crippen LogP contribution in [0.1, 0.15) is 5.56 Å². The largest absolute Gasteiger partial charge is 0.497 e. The zero-order valence-corrected chi connectivity index (χ0v) is 23.2. The van der Waals surface area contributed by atoms with Gasteiger partial charge in [-0.3, -0.25) is 9.36 Å². The van der Waals surface area contributed by atoms with Crippen LogP contribution in [0.5, 0.6) is 11.5 Å². The van der Waals surface area contributed by atoms with Crippen molar-refractivity contribution in [2.24, 2.45) is 0 Å². The second kappa shape index (κ2) is 11.3. The van der Waals surface area contributed by atoms with E-state index in [0.29, 0.717) is 16.7 Å². The number of methoxy groups -OCH3 is 2. The highest BCUT2D eigenvalue weighted by molar-refractivity contribution is 9.11. The van der Waals surface area contributed by atoms with Gasteiger partial charge in [-0.1, -0.05) is 23.9 Å². The van der Waals surface area contributed by atoms with E-state index in [1.807, 2.05) is 72.2 Å². The second-order valence-corrected chi connectivity index (χ2v) is 10.2. The van der Waals surface area contributed by atoms with E-state index in [1.165, 1.54) is 11.8 Å². The number of aryl methyl sites for hydroxylation is 1. The van der Waals surface area contributed by atoms with E-state index < -0.39 is 0 Å². The SMILES string of the molecule is COc1ccc(-n2c(SCC(=O)Nc3c(Br)cc(C)cc3Br)nnc2-c2cccc(OC)c2)cc1. The van der Waals surface area contributed by atoms with E-state index >= 15 is 0 Å². The first-order valence-electron chi connectivity index (χ1n) is 10.5. The molecule has 0 aliphatic heterocycles. The van der Waals surface area contributed by atoms with Crippen LogP contribution >= 0.6 is 43.6 Å². The fourth-order valence-corrected chi connectivity index (χ4v) is 5.77. The van der Waals surface area contributed by atoms with E-state index in [2.05, 4.69) is 47.4 Å². The number of benzene rings is 3. The first-order chi connectivity index (χ1) is 16.9. The molecule has 3 aromatic carbocycles. The Morgan fingerprint density at radius 3 is 2.31 bits per heavy atom. The van der Waals surface area contributed by atoms with Crippen molar-refractivity contribution in [3.63, 3.8) is 0 Å². The standard InChI is InChI=1S/C25H22Br2N4O3S/c1-15-11-20(26)23(21(27)12-15)28-22(32)14-35-25-30-29-24(16-5-4-6-19(13-16)34-3)31(25)17-7-9-18(33-2)10-8-17/h4-13H,14H2,1-3H3,(H,28,32). The molecule has 0 fully saturated rings. The maximum absolute atomic E-state index is 12.8. The highest BCUT2D eigenvalue weighted by Crippen LogP contribution is 2.33. The summed E-state index contributed by atoms with van der Waals surface area (Å²) in [5.74, 6) is 2.09. The Balaban J connectivity index is 1.63. The number of amides is 1. The molecule has 35 heavy (non-hydrogen) atoms. The van der Waals surface area contributed by atoms with Crippen molar-refractivity contribution >= 4 is 55.2 Å². The van der Waals surface area contributed by atoms with Gasteiger partial charge in [-0.15, -0.1) is 10.2 Å². The van der Waals surface area contributed by atoms with Gasteiger partial charge in [-0.25, -0.2) is 0 Å². The third kappa shape index (κ3) is 5.88. The molecule has 0 aliphatic carbocycles. The van der Waals surface area contributed by atoms with Gasteiger partial charge in [0.05, 0.1) is 25.7 Å². The number of ether oxygens (including phenoxy) is 2. The summed E-state index contributed by atoms with van der Waals surface area (Å²) in [6.45, 7) is 1.99. The lowest BCUT2D eigenvalue weighted by Gasteiger charge is -2.13. The minimum Gasteiger partial charge on any atom is -0.497 e. The Hall–Kier alpha value is -2.82. The highest BCUT2D eigenvalue weighted by atomic mass is 79.9. The summed E-state index contributed by atoms with van der Waals surface area (Å²) in [7, 11) is 3.25. The summed E-state index contributed by atoms with van der Waals surface area (Å²) in [6, 6.07) is 19.1. The molecule has 1 heterocycles. The van der Waals surface area contributed by atoms with Crippen molar-refractivity contribution in [1.29, 1.82) is 0 Å². The number of hydrogen-bond acceptors (Lipinski definition) is 6. The van der Waals surface area contributed by atoms with Gasteiger partial charge < -0.3 is 14.8 Å². The molecule has 4 rings (SSSR count). The highest BCUT2D eigenvalue weighted by Gasteiger charge is 2.19. The van der Waals surface area contributed by atoms with Crippen LogP contribution in [0.15, 0.2) is 74.8 Å². The third-order valence-corrected chi connectivity index (χ3v) is 7.25. The molecule has 1 amide bonds. The van der Waals surface area contributed by atoms with Crippen molar-refractivity contribution in [2.45, 2.75) is 12.1 Å². The van der Waals surface area contributed by atoms with Crippen LogP contribution in [0.4, 0.5) is 5.69 Å².